The number of nitrogens with one attached hydrogen (secondary N) is 1. The molecule has 0 atom stereocenters. The van der Waals surface area contributed by atoms with Crippen molar-refractivity contribution in [3.05, 3.63) is 59.2 Å². The maximum Gasteiger partial charge on any atom is 0.316 e. The first-order valence-corrected chi connectivity index (χ1v) is 8.65. The monoisotopic (exact) mass is 347 g/mol. The van der Waals surface area contributed by atoms with Gasteiger partial charge in [0.25, 0.3) is 0 Å². The van der Waals surface area contributed by atoms with Crippen molar-refractivity contribution < 1.29 is 4.42 Å². The summed E-state index contributed by atoms with van der Waals surface area (Å²) in [5, 5.41) is 11.5. The Morgan fingerprint density at radius 1 is 1.12 bits per heavy atom. The number of rotatable bonds is 3. The Bertz CT molecular complexity index is 997. The Morgan fingerprint density at radius 2 is 1.96 bits per heavy atom. The van der Waals surface area contributed by atoms with Crippen LogP contribution in [0.1, 0.15) is 43.4 Å². The molecule has 0 aliphatic heterocycles. The zero-order chi connectivity index (χ0) is 18.3. The molecule has 6 heteroatoms. The molecule has 1 aliphatic rings. The first kappa shape index (κ1) is 16.4. The summed E-state index contributed by atoms with van der Waals surface area (Å²) in [6.07, 6.45) is 4.84. The van der Waals surface area contributed by atoms with Crippen molar-refractivity contribution in [2.24, 2.45) is 0 Å². The minimum absolute atomic E-state index is 0.139. The van der Waals surface area contributed by atoms with Gasteiger partial charge in [0.1, 0.15) is 0 Å². The lowest BCUT2D eigenvalue weighted by atomic mass is 10.0. The van der Waals surface area contributed by atoms with Crippen LogP contribution in [0.5, 0.6) is 0 Å². The minimum atomic E-state index is -0.139. The average molecular weight is 347 g/mol. The number of nitrogens with zero attached hydrogens (tertiary/aromatic N) is 4. The summed E-state index contributed by atoms with van der Waals surface area (Å²) in [5.41, 5.74) is 5.13. The standard InChI is InChI=1S/C20H21N5O/c1-12-9-10-21-17(22-12)15-8-7-13-5-6-14(11-16(13)15)18-24-25-19(26-18)23-20(2,3)4/h5-6,8-11H,7H2,1-4H3,(H,23,25). The highest BCUT2D eigenvalue weighted by molar-refractivity contribution is 5.83. The van der Waals surface area contributed by atoms with Crippen molar-refractivity contribution in [2.45, 2.75) is 39.7 Å². The number of allylic oxidation sites excluding steroid dienone is 1. The molecule has 2 heterocycles. The molecular weight excluding hydrogens is 326 g/mol. The number of fused-ring (bicyclic) bond motifs is 1. The maximum atomic E-state index is 5.78. The highest BCUT2D eigenvalue weighted by Gasteiger charge is 2.21. The summed E-state index contributed by atoms with van der Waals surface area (Å²) in [6.45, 7) is 8.11. The second-order valence-electron chi connectivity index (χ2n) is 7.50. The van der Waals surface area contributed by atoms with Crippen LogP contribution in [0.2, 0.25) is 0 Å². The van der Waals surface area contributed by atoms with Gasteiger partial charge in [0.15, 0.2) is 5.82 Å². The van der Waals surface area contributed by atoms with E-state index in [9.17, 15) is 0 Å². The maximum absolute atomic E-state index is 5.78. The smallest absolute Gasteiger partial charge is 0.316 e. The molecule has 4 rings (SSSR count). The molecule has 0 radical (unpaired) electrons. The molecule has 1 aliphatic carbocycles. The second kappa shape index (κ2) is 6.05. The number of anilines is 1. The van der Waals surface area contributed by atoms with E-state index < -0.39 is 0 Å². The first-order chi connectivity index (χ1) is 12.4. The SMILES string of the molecule is Cc1ccnc(C2=CCc3ccc(-c4nnc(NC(C)(C)C)o4)cc32)n1. The highest BCUT2D eigenvalue weighted by Crippen LogP contribution is 2.34. The summed E-state index contributed by atoms with van der Waals surface area (Å²) in [7, 11) is 0. The number of hydrogen-bond acceptors (Lipinski definition) is 6. The highest BCUT2D eigenvalue weighted by atomic mass is 16.4. The van der Waals surface area contributed by atoms with Crippen LogP contribution in [0.25, 0.3) is 17.0 Å². The third-order valence-electron chi connectivity index (χ3n) is 4.12. The molecule has 1 aromatic carbocycles. The molecule has 1 N–H and O–H groups in total. The third-order valence-corrected chi connectivity index (χ3v) is 4.12. The van der Waals surface area contributed by atoms with Gasteiger partial charge in [0.2, 0.25) is 5.89 Å². The van der Waals surface area contributed by atoms with Crippen LogP contribution < -0.4 is 5.32 Å². The number of aryl methyl sites for hydroxylation is 1. The summed E-state index contributed by atoms with van der Waals surface area (Å²) in [6, 6.07) is 8.52. The van der Waals surface area contributed by atoms with Crippen LogP contribution in [0.15, 0.2) is 41.0 Å². The molecular formula is C20H21N5O. The van der Waals surface area contributed by atoms with Crippen molar-refractivity contribution >= 4 is 11.6 Å². The van der Waals surface area contributed by atoms with Crippen molar-refractivity contribution in [1.82, 2.24) is 20.2 Å². The quantitative estimate of drug-likeness (QED) is 0.771. The van der Waals surface area contributed by atoms with Gasteiger partial charge in [-0.15, -0.1) is 5.10 Å². The lowest BCUT2D eigenvalue weighted by molar-refractivity contribution is 0.538. The average Bonchev–Trinajstić information content (AvgIpc) is 3.19. The zero-order valence-electron chi connectivity index (χ0n) is 15.4. The summed E-state index contributed by atoms with van der Waals surface area (Å²) in [5.74, 6) is 1.25. The van der Waals surface area contributed by atoms with Gasteiger partial charge in [0.05, 0.1) is 0 Å². The van der Waals surface area contributed by atoms with E-state index in [-0.39, 0.29) is 5.54 Å². The van der Waals surface area contributed by atoms with Gasteiger partial charge in [-0.05, 0) is 63.4 Å². The molecule has 0 fully saturated rings. The predicted molar refractivity (Wildman–Crippen MR) is 101 cm³/mol. The first-order valence-electron chi connectivity index (χ1n) is 8.65. The van der Waals surface area contributed by atoms with E-state index in [1.165, 1.54) is 5.56 Å². The third kappa shape index (κ3) is 3.22. The van der Waals surface area contributed by atoms with Crippen LogP contribution in [0.4, 0.5) is 6.01 Å². The molecule has 0 bridgehead atoms. The molecule has 0 spiro atoms. The Balaban J connectivity index is 1.68. The van der Waals surface area contributed by atoms with E-state index >= 15 is 0 Å². The molecule has 0 amide bonds. The van der Waals surface area contributed by atoms with Crippen molar-refractivity contribution in [3.8, 4) is 11.5 Å². The fraction of sp³-hybridized carbons (Fsp3) is 0.300. The van der Waals surface area contributed by atoms with Crippen molar-refractivity contribution in [1.29, 1.82) is 0 Å². The van der Waals surface area contributed by atoms with Crippen molar-refractivity contribution in [2.75, 3.05) is 5.32 Å². The fourth-order valence-electron chi connectivity index (χ4n) is 2.96. The molecule has 132 valence electrons. The van der Waals surface area contributed by atoms with E-state index in [0.717, 1.165) is 34.6 Å². The Kier molecular flexibility index (Phi) is 3.83. The number of hydrogen-bond donors (Lipinski definition) is 1. The van der Waals surface area contributed by atoms with E-state index in [1.54, 1.807) is 6.20 Å². The van der Waals surface area contributed by atoms with Gasteiger partial charge < -0.3 is 9.73 Å². The minimum Gasteiger partial charge on any atom is -0.403 e. The Hall–Kier alpha value is -3.02. The molecule has 0 saturated heterocycles. The molecule has 3 aromatic rings. The van der Waals surface area contributed by atoms with Crippen molar-refractivity contribution in [3.63, 3.8) is 0 Å². The zero-order valence-corrected chi connectivity index (χ0v) is 15.4. The topological polar surface area (TPSA) is 76.7 Å². The van der Waals surface area contributed by atoms with Gasteiger partial charge in [-0.2, -0.15) is 0 Å². The van der Waals surface area contributed by atoms with E-state index in [0.29, 0.717) is 11.9 Å². The normalized spacial score (nSPS) is 13.5. The van der Waals surface area contributed by atoms with E-state index in [2.05, 4.69) is 43.7 Å². The molecule has 0 unspecified atom stereocenters. The second-order valence-corrected chi connectivity index (χ2v) is 7.50. The van der Waals surface area contributed by atoms with Crippen LogP contribution >= 0.6 is 0 Å². The predicted octanol–water partition coefficient (Wildman–Crippen LogP) is 4.03. The summed E-state index contributed by atoms with van der Waals surface area (Å²) < 4.78 is 5.78. The summed E-state index contributed by atoms with van der Waals surface area (Å²) in [4.78, 5) is 8.99. The van der Waals surface area contributed by atoms with Gasteiger partial charge in [-0.1, -0.05) is 17.2 Å². The molecule has 0 saturated carbocycles. The van der Waals surface area contributed by atoms with Crippen LogP contribution in [-0.2, 0) is 6.42 Å². The fourth-order valence-corrected chi connectivity index (χ4v) is 2.96. The van der Waals surface area contributed by atoms with Gasteiger partial charge in [-0.25, -0.2) is 9.97 Å². The van der Waals surface area contributed by atoms with E-state index in [4.69, 9.17) is 4.42 Å². The van der Waals surface area contributed by atoms with Crippen LogP contribution in [0, 0.1) is 6.92 Å². The largest absolute Gasteiger partial charge is 0.403 e. The molecule has 6 nitrogen and oxygen atoms in total. The molecule has 2 aromatic heterocycles. The van der Waals surface area contributed by atoms with Crippen LogP contribution in [-0.4, -0.2) is 25.7 Å². The Morgan fingerprint density at radius 3 is 2.73 bits per heavy atom. The lowest BCUT2D eigenvalue weighted by Gasteiger charge is -2.17. The van der Waals surface area contributed by atoms with Crippen LogP contribution in [0.3, 0.4) is 0 Å². The van der Waals surface area contributed by atoms with Gasteiger partial charge in [0, 0.05) is 28.6 Å². The number of benzene rings is 1. The lowest BCUT2D eigenvalue weighted by Crippen LogP contribution is -2.26. The van der Waals surface area contributed by atoms with Gasteiger partial charge >= 0.3 is 6.01 Å². The number of aromatic nitrogens is 4. The Labute approximate surface area is 152 Å². The molecule has 26 heavy (non-hydrogen) atoms. The van der Waals surface area contributed by atoms with Gasteiger partial charge in [-0.3, -0.25) is 0 Å². The summed E-state index contributed by atoms with van der Waals surface area (Å²) >= 11 is 0. The van der Waals surface area contributed by atoms with E-state index in [1.807, 2.05) is 39.8 Å².